The molecule has 2 aromatic heterocycles. The van der Waals surface area contributed by atoms with E-state index in [-0.39, 0.29) is 30.1 Å². The summed E-state index contributed by atoms with van der Waals surface area (Å²) < 4.78 is 20.2. The highest BCUT2D eigenvalue weighted by molar-refractivity contribution is 5.90. The molecule has 3 N–H and O–H groups in total. The first kappa shape index (κ1) is 19.1. The van der Waals surface area contributed by atoms with Crippen molar-refractivity contribution in [3.05, 3.63) is 90.3 Å². The smallest absolute Gasteiger partial charge is 0.338 e. The number of esters is 1. The van der Waals surface area contributed by atoms with Crippen molar-refractivity contribution in [3.8, 4) is 5.69 Å². The number of benzene rings is 2. The van der Waals surface area contributed by atoms with Crippen LogP contribution in [0.2, 0.25) is 0 Å². The highest BCUT2D eigenvalue weighted by atomic mass is 19.1. The predicted molar refractivity (Wildman–Crippen MR) is 109 cm³/mol. The molecule has 0 aliphatic carbocycles. The van der Waals surface area contributed by atoms with E-state index in [1.807, 2.05) is 35.2 Å². The van der Waals surface area contributed by atoms with Crippen LogP contribution in [0.1, 0.15) is 16.2 Å². The van der Waals surface area contributed by atoms with Gasteiger partial charge in [0.05, 0.1) is 5.56 Å². The molecule has 8 nitrogen and oxygen atoms in total. The minimum atomic E-state index is -0.518. The molecule has 0 aliphatic heterocycles. The van der Waals surface area contributed by atoms with E-state index in [4.69, 9.17) is 10.5 Å². The molecule has 2 heterocycles. The molecule has 0 saturated heterocycles. The van der Waals surface area contributed by atoms with Gasteiger partial charge in [-0.15, -0.1) is 0 Å². The first-order chi connectivity index (χ1) is 14.6. The maximum atomic E-state index is 13.0. The molecule has 4 rings (SSSR count). The average Bonchev–Trinajstić information content (AvgIpc) is 3.28. The average molecular weight is 404 g/mol. The number of rotatable bonds is 6. The largest absolute Gasteiger partial charge is 0.454 e. The fourth-order valence-electron chi connectivity index (χ4n) is 2.73. The Balaban J connectivity index is 1.44. The number of hydrogen-bond donors (Lipinski definition) is 2. The van der Waals surface area contributed by atoms with Crippen LogP contribution in [0, 0.1) is 5.82 Å². The molecule has 0 radical (unpaired) electrons. The number of hydrogen-bond acceptors (Lipinski definition) is 7. The molecule has 0 unspecified atom stereocenters. The highest BCUT2D eigenvalue weighted by Crippen LogP contribution is 2.15. The number of nitrogens with two attached hydrogens (primary N) is 1. The summed E-state index contributed by atoms with van der Waals surface area (Å²) in [5.74, 6) is -0.563. The van der Waals surface area contributed by atoms with E-state index < -0.39 is 5.97 Å². The number of carbonyl (C=O) groups excluding carboxylic acids is 1. The van der Waals surface area contributed by atoms with Gasteiger partial charge in [0.2, 0.25) is 11.9 Å². The van der Waals surface area contributed by atoms with Gasteiger partial charge in [-0.1, -0.05) is 6.07 Å². The minimum absolute atomic E-state index is 0.0322. The molecule has 0 fully saturated rings. The van der Waals surface area contributed by atoms with Crippen molar-refractivity contribution in [2.24, 2.45) is 0 Å². The molecule has 0 atom stereocenters. The number of nitrogens with one attached hydrogen (secondary N) is 1. The van der Waals surface area contributed by atoms with Gasteiger partial charge in [-0.25, -0.2) is 9.18 Å². The van der Waals surface area contributed by atoms with Crippen LogP contribution in [-0.4, -0.2) is 25.5 Å². The molecule has 4 aromatic rings. The molecule has 9 heteroatoms. The molecule has 2 aromatic carbocycles. The van der Waals surface area contributed by atoms with E-state index >= 15 is 0 Å². The van der Waals surface area contributed by atoms with Gasteiger partial charge >= 0.3 is 5.97 Å². The van der Waals surface area contributed by atoms with Crippen LogP contribution >= 0.6 is 0 Å². The Morgan fingerprint density at radius 3 is 2.57 bits per heavy atom. The highest BCUT2D eigenvalue weighted by Gasteiger charge is 2.12. The van der Waals surface area contributed by atoms with Gasteiger partial charge in [0.25, 0.3) is 0 Å². The second kappa shape index (κ2) is 8.39. The second-order valence-corrected chi connectivity index (χ2v) is 6.28. The monoisotopic (exact) mass is 404 g/mol. The van der Waals surface area contributed by atoms with Crippen LogP contribution in [0.4, 0.5) is 22.0 Å². The summed E-state index contributed by atoms with van der Waals surface area (Å²) in [6, 6.07) is 16.5. The number of aromatic nitrogens is 4. The number of anilines is 3. The van der Waals surface area contributed by atoms with Gasteiger partial charge in [0, 0.05) is 23.8 Å². The zero-order valence-electron chi connectivity index (χ0n) is 15.7. The third-order valence-corrected chi connectivity index (χ3v) is 4.12. The van der Waals surface area contributed by atoms with E-state index in [9.17, 15) is 9.18 Å². The lowest BCUT2D eigenvalue weighted by molar-refractivity contribution is 0.0462. The van der Waals surface area contributed by atoms with E-state index in [0.29, 0.717) is 11.3 Å². The van der Waals surface area contributed by atoms with Crippen molar-refractivity contribution >= 4 is 23.6 Å². The van der Waals surface area contributed by atoms with Gasteiger partial charge in [-0.3, -0.25) is 0 Å². The number of nitrogen functional groups attached to an aromatic ring is 1. The van der Waals surface area contributed by atoms with Gasteiger partial charge in [-0.05, 0) is 54.6 Å². The number of nitrogens with zero attached hydrogens (tertiary/aromatic N) is 4. The summed E-state index contributed by atoms with van der Waals surface area (Å²) in [5, 5.41) is 2.90. The lowest BCUT2D eigenvalue weighted by atomic mass is 10.2. The number of ether oxygens (including phenoxy) is 1. The Kier molecular flexibility index (Phi) is 5.33. The zero-order chi connectivity index (χ0) is 20.9. The maximum Gasteiger partial charge on any atom is 0.338 e. The van der Waals surface area contributed by atoms with Gasteiger partial charge in [-0.2, -0.15) is 15.0 Å². The summed E-state index contributed by atoms with van der Waals surface area (Å²) in [5.41, 5.74) is 7.53. The van der Waals surface area contributed by atoms with Crippen molar-refractivity contribution in [2.45, 2.75) is 6.61 Å². The lowest BCUT2D eigenvalue weighted by Crippen LogP contribution is -2.11. The molecule has 0 aliphatic rings. The molecule has 0 amide bonds. The molecule has 0 saturated carbocycles. The molecule has 0 bridgehead atoms. The van der Waals surface area contributed by atoms with Crippen molar-refractivity contribution in [3.63, 3.8) is 0 Å². The van der Waals surface area contributed by atoms with Gasteiger partial charge in [0.1, 0.15) is 5.82 Å². The van der Waals surface area contributed by atoms with Crippen molar-refractivity contribution in [1.29, 1.82) is 0 Å². The third kappa shape index (κ3) is 4.58. The van der Waals surface area contributed by atoms with Crippen molar-refractivity contribution in [2.75, 3.05) is 11.1 Å². The zero-order valence-corrected chi connectivity index (χ0v) is 15.7. The number of carbonyl (C=O) groups is 1. The van der Waals surface area contributed by atoms with Gasteiger partial charge < -0.3 is 20.4 Å². The van der Waals surface area contributed by atoms with Crippen molar-refractivity contribution in [1.82, 2.24) is 19.5 Å². The third-order valence-electron chi connectivity index (χ3n) is 4.12. The molecule has 30 heavy (non-hydrogen) atoms. The van der Waals surface area contributed by atoms with E-state index in [1.165, 1.54) is 24.3 Å². The molecule has 0 spiro atoms. The van der Waals surface area contributed by atoms with E-state index in [2.05, 4.69) is 20.3 Å². The second-order valence-electron chi connectivity index (χ2n) is 6.28. The van der Waals surface area contributed by atoms with Crippen LogP contribution in [-0.2, 0) is 11.3 Å². The lowest BCUT2D eigenvalue weighted by Gasteiger charge is -2.09. The topological polar surface area (TPSA) is 108 Å². The Bertz CT molecular complexity index is 1160. The maximum absolute atomic E-state index is 13.0. The van der Waals surface area contributed by atoms with Crippen LogP contribution in [0.25, 0.3) is 5.69 Å². The van der Waals surface area contributed by atoms with Crippen LogP contribution < -0.4 is 11.1 Å². The van der Waals surface area contributed by atoms with Crippen LogP contribution in [0.5, 0.6) is 0 Å². The van der Waals surface area contributed by atoms with Crippen LogP contribution in [0.3, 0.4) is 0 Å². The summed E-state index contributed by atoms with van der Waals surface area (Å²) in [6.45, 7) is -0.183. The quantitative estimate of drug-likeness (QED) is 0.474. The Morgan fingerprint density at radius 1 is 1.03 bits per heavy atom. The van der Waals surface area contributed by atoms with Crippen LogP contribution in [0.15, 0.2) is 73.1 Å². The molecular weight excluding hydrogens is 387 g/mol. The first-order valence-electron chi connectivity index (χ1n) is 9.00. The summed E-state index contributed by atoms with van der Waals surface area (Å²) >= 11 is 0. The summed E-state index contributed by atoms with van der Waals surface area (Å²) in [7, 11) is 0. The first-order valence-corrected chi connectivity index (χ1v) is 9.00. The predicted octanol–water partition coefficient (Wildman–Crippen LogP) is 3.48. The van der Waals surface area contributed by atoms with Crippen molar-refractivity contribution < 1.29 is 13.9 Å². The summed E-state index contributed by atoms with van der Waals surface area (Å²) in [6.07, 6.45) is 3.77. The Labute approximate surface area is 171 Å². The summed E-state index contributed by atoms with van der Waals surface area (Å²) in [4.78, 5) is 24.6. The number of halogens is 1. The van der Waals surface area contributed by atoms with Gasteiger partial charge in [0.15, 0.2) is 12.4 Å². The SMILES string of the molecule is Nc1nc(COC(=O)c2cccc(-n3cccc3)c2)nc(Nc2ccc(F)cc2)n1. The molecule has 150 valence electrons. The Morgan fingerprint density at radius 2 is 1.80 bits per heavy atom. The van der Waals surface area contributed by atoms with E-state index in [0.717, 1.165) is 5.69 Å². The standard InChI is InChI=1S/C21H17FN6O2/c22-15-6-8-16(9-7-15)24-21-26-18(25-20(23)27-21)13-30-19(29)14-4-3-5-17(12-14)28-10-1-2-11-28/h1-12H,13H2,(H3,23,24,25,26,27). The Hall–Kier alpha value is -4.27. The molecular formula is C21H17FN6O2. The fraction of sp³-hybridized carbons (Fsp3) is 0.0476. The van der Waals surface area contributed by atoms with E-state index in [1.54, 1.807) is 18.2 Å². The normalized spacial score (nSPS) is 10.6. The minimum Gasteiger partial charge on any atom is -0.454 e. The fourth-order valence-corrected chi connectivity index (χ4v) is 2.73.